The molecule has 0 aliphatic rings. The van der Waals surface area contributed by atoms with Gasteiger partial charge in [-0.05, 0) is 44.9 Å². The van der Waals surface area contributed by atoms with Crippen molar-refractivity contribution in [1.82, 2.24) is 5.32 Å². The predicted octanol–water partition coefficient (Wildman–Crippen LogP) is 4.17. The first-order valence-electron chi connectivity index (χ1n) is 6.10. The van der Waals surface area contributed by atoms with Crippen LogP contribution in [0.2, 0.25) is 5.02 Å². The van der Waals surface area contributed by atoms with Gasteiger partial charge in [-0.2, -0.15) is 0 Å². The quantitative estimate of drug-likeness (QED) is 0.829. The van der Waals surface area contributed by atoms with Crippen LogP contribution in [0.5, 0.6) is 0 Å². The Bertz CT molecular complexity index is 432. The summed E-state index contributed by atoms with van der Waals surface area (Å²) in [5.74, 6) is 0. The minimum absolute atomic E-state index is 0.0340. The van der Waals surface area contributed by atoms with Gasteiger partial charge >= 0.3 is 6.09 Å². The van der Waals surface area contributed by atoms with Crippen LogP contribution in [0.1, 0.15) is 26.3 Å². The van der Waals surface area contributed by atoms with Crippen LogP contribution < -0.4 is 5.32 Å². The largest absolute Gasteiger partial charge is 0.444 e. The standard InChI is InChI=1S/C14H19BrClNO2/c1-14(2,3)19-13(18)17-12(9-15)8-10-5-4-6-11(16)7-10/h4-7,12H,8-9H2,1-3H3,(H,17,18). The summed E-state index contributed by atoms with van der Waals surface area (Å²) in [6.45, 7) is 5.52. The molecule has 1 aromatic rings. The number of ether oxygens (including phenoxy) is 1. The molecule has 5 heteroatoms. The molecule has 0 aromatic heterocycles. The van der Waals surface area contributed by atoms with E-state index in [0.29, 0.717) is 16.8 Å². The lowest BCUT2D eigenvalue weighted by atomic mass is 10.1. The van der Waals surface area contributed by atoms with E-state index >= 15 is 0 Å². The van der Waals surface area contributed by atoms with Gasteiger partial charge in [0.25, 0.3) is 0 Å². The molecule has 0 aliphatic carbocycles. The molecular weight excluding hydrogens is 330 g/mol. The number of hydrogen-bond donors (Lipinski definition) is 1. The van der Waals surface area contributed by atoms with Crippen molar-refractivity contribution >= 4 is 33.6 Å². The van der Waals surface area contributed by atoms with Crippen molar-refractivity contribution in [1.29, 1.82) is 0 Å². The zero-order valence-corrected chi connectivity index (χ0v) is 13.7. The maximum atomic E-state index is 11.7. The first kappa shape index (κ1) is 16.3. The summed E-state index contributed by atoms with van der Waals surface area (Å²) in [7, 11) is 0. The molecule has 0 bridgehead atoms. The predicted molar refractivity (Wildman–Crippen MR) is 82.1 cm³/mol. The van der Waals surface area contributed by atoms with Crippen molar-refractivity contribution in [3.05, 3.63) is 34.9 Å². The van der Waals surface area contributed by atoms with Gasteiger partial charge in [-0.1, -0.05) is 39.7 Å². The number of hydrogen-bond acceptors (Lipinski definition) is 2. The fourth-order valence-corrected chi connectivity index (χ4v) is 2.17. The van der Waals surface area contributed by atoms with Crippen LogP contribution in [0.25, 0.3) is 0 Å². The average Bonchev–Trinajstić information content (AvgIpc) is 2.25. The van der Waals surface area contributed by atoms with E-state index in [-0.39, 0.29) is 6.04 Å². The van der Waals surface area contributed by atoms with E-state index in [4.69, 9.17) is 16.3 Å². The smallest absolute Gasteiger partial charge is 0.407 e. The molecule has 1 aromatic carbocycles. The van der Waals surface area contributed by atoms with Gasteiger partial charge in [-0.15, -0.1) is 0 Å². The van der Waals surface area contributed by atoms with Gasteiger partial charge in [0.05, 0.1) is 0 Å². The number of carbonyl (C=O) groups excluding carboxylic acids is 1. The van der Waals surface area contributed by atoms with Crippen LogP contribution in [-0.2, 0) is 11.2 Å². The van der Waals surface area contributed by atoms with Crippen molar-refractivity contribution in [3.8, 4) is 0 Å². The number of benzene rings is 1. The van der Waals surface area contributed by atoms with Gasteiger partial charge in [0.15, 0.2) is 0 Å². The fourth-order valence-electron chi connectivity index (χ4n) is 1.57. The molecule has 0 spiro atoms. The van der Waals surface area contributed by atoms with Crippen LogP contribution in [0.4, 0.5) is 4.79 Å². The van der Waals surface area contributed by atoms with E-state index in [1.54, 1.807) is 0 Å². The maximum absolute atomic E-state index is 11.7. The Morgan fingerprint density at radius 1 is 1.47 bits per heavy atom. The Balaban J connectivity index is 2.57. The summed E-state index contributed by atoms with van der Waals surface area (Å²) in [5.41, 5.74) is 0.588. The van der Waals surface area contributed by atoms with Gasteiger partial charge in [0, 0.05) is 16.4 Å². The van der Waals surface area contributed by atoms with Gasteiger partial charge in [0.1, 0.15) is 5.60 Å². The summed E-state index contributed by atoms with van der Waals surface area (Å²) in [6.07, 6.45) is 0.296. The number of nitrogens with one attached hydrogen (secondary N) is 1. The molecule has 106 valence electrons. The second kappa shape index (κ2) is 7.15. The molecule has 3 nitrogen and oxygen atoms in total. The summed E-state index contributed by atoms with van der Waals surface area (Å²) >= 11 is 9.34. The lowest BCUT2D eigenvalue weighted by molar-refractivity contribution is 0.0510. The number of carbonyl (C=O) groups is 1. The van der Waals surface area contributed by atoms with Crippen molar-refractivity contribution in [2.75, 3.05) is 5.33 Å². The molecule has 19 heavy (non-hydrogen) atoms. The number of alkyl halides is 1. The number of halogens is 2. The van der Waals surface area contributed by atoms with Gasteiger partial charge in [0.2, 0.25) is 0 Å². The zero-order valence-electron chi connectivity index (χ0n) is 11.4. The monoisotopic (exact) mass is 347 g/mol. The maximum Gasteiger partial charge on any atom is 0.407 e. The van der Waals surface area contributed by atoms with E-state index in [2.05, 4.69) is 21.2 Å². The molecular formula is C14H19BrClNO2. The lowest BCUT2D eigenvalue weighted by Gasteiger charge is -2.22. The minimum atomic E-state index is -0.489. The highest BCUT2D eigenvalue weighted by molar-refractivity contribution is 9.09. The van der Waals surface area contributed by atoms with Gasteiger partial charge in [-0.3, -0.25) is 0 Å². The lowest BCUT2D eigenvalue weighted by Crippen LogP contribution is -2.41. The Hall–Kier alpha value is -0.740. The summed E-state index contributed by atoms with van der Waals surface area (Å²) in [4.78, 5) is 11.7. The van der Waals surface area contributed by atoms with E-state index in [9.17, 15) is 4.79 Å². The normalized spacial score (nSPS) is 12.9. The topological polar surface area (TPSA) is 38.3 Å². The van der Waals surface area contributed by atoms with E-state index in [1.165, 1.54) is 0 Å². The minimum Gasteiger partial charge on any atom is -0.444 e. The molecule has 1 rings (SSSR count). The molecule has 0 saturated heterocycles. The highest BCUT2D eigenvalue weighted by Crippen LogP contribution is 2.13. The van der Waals surface area contributed by atoms with Crippen LogP contribution in [0.15, 0.2) is 24.3 Å². The van der Waals surface area contributed by atoms with Gasteiger partial charge < -0.3 is 10.1 Å². The Morgan fingerprint density at radius 2 is 2.16 bits per heavy atom. The average molecular weight is 349 g/mol. The first-order chi connectivity index (χ1) is 8.80. The number of rotatable bonds is 4. The second-order valence-electron chi connectivity index (χ2n) is 5.33. The van der Waals surface area contributed by atoms with Crippen LogP contribution in [0.3, 0.4) is 0 Å². The molecule has 0 heterocycles. The fraction of sp³-hybridized carbons (Fsp3) is 0.500. The van der Waals surface area contributed by atoms with E-state index in [1.807, 2.05) is 45.0 Å². The highest BCUT2D eigenvalue weighted by atomic mass is 79.9. The molecule has 0 radical (unpaired) electrons. The van der Waals surface area contributed by atoms with Gasteiger partial charge in [-0.25, -0.2) is 4.79 Å². The van der Waals surface area contributed by atoms with E-state index in [0.717, 1.165) is 5.56 Å². The molecule has 0 aliphatic heterocycles. The summed E-state index contributed by atoms with van der Waals surface area (Å²) < 4.78 is 5.23. The van der Waals surface area contributed by atoms with Crippen LogP contribution in [-0.4, -0.2) is 23.1 Å². The van der Waals surface area contributed by atoms with Crippen LogP contribution >= 0.6 is 27.5 Å². The molecule has 1 N–H and O–H groups in total. The third-order valence-corrected chi connectivity index (χ3v) is 3.29. The van der Waals surface area contributed by atoms with Crippen molar-refractivity contribution < 1.29 is 9.53 Å². The summed E-state index contributed by atoms with van der Waals surface area (Å²) in [5, 5.41) is 4.19. The highest BCUT2D eigenvalue weighted by Gasteiger charge is 2.19. The number of alkyl carbamates (subject to hydrolysis) is 1. The number of amides is 1. The first-order valence-corrected chi connectivity index (χ1v) is 7.60. The van der Waals surface area contributed by atoms with Crippen molar-refractivity contribution in [3.63, 3.8) is 0 Å². The molecule has 1 atom stereocenters. The van der Waals surface area contributed by atoms with Crippen molar-refractivity contribution in [2.45, 2.75) is 38.8 Å². The molecule has 0 fully saturated rings. The van der Waals surface area contributed by atoms with E-state index < -0.39 is 11.7 Å². The van der Waals surface area contributed by atoms with Crippen LogP contribution in [0, 0.1) is 0 Å². The third kappa shape index (κ3) is 6.83. The summed E-state index contributed by atoms with van der Waals surface area (Å²) in [6, 6.07) is 7.58. The Labute approximate surface area is 127 Å². The Kier molecular flexibility index (Phi) is 6.14. The Morgan fingerprint density at radius 3 is 2.68 bits per heavy atom. The molecule has 1 unspecified atom stereocenters. The zero-order chi connectivity index (χ0) is 14.5. The SMILES string of the molecule is CC(C)(C)OC(=O)NC(CBr)Cc1cccc(Cl)c1. The molecule has 1 amide bonds. The second-order valence-corrected chi connectivity index (χ2v) is 6.42. The van der Waals surface area contributed by atoms with Crippen molar-refractivity contribution in [2.24, 2.45) is 0 Å². The third-order valence-electron chi connectivity index (χ3n) is 2.28. The molecule has 0 saturated carbocycles.